The molecule has 0 radical (unpaired) electrons. The van der Waals surface area contributed by atoms with Gasteiger partial charge in [-0.1, -0.05) is 0 Å². The molecule has 23 heavy (non-hydrogen) atoms. The number of likely N-dealkylation sites (tertiary alicyclic amines) is 1. The highest BCUT2D eigenvalue weighted by atomic mass is 16.4. The second-order valence-electron chi connectivity index (χ2n) is 7.23. The van der Waals surface area contributed by atoms with E-state index in [9.17, 15) is 24.6 Å². The van der Waals surface area contributed by atoms with Crippen molar-refractivity contribution in [3.63, 3.8) is 0 Å². The Labute approximate surface area is 135 Å². The summed E-state index contributed by atoms with van der Waals surface area (Å²) < 4.78 is 0. The second kappa shape index (κ2) is 6.57. The Hall–Kier alpha value is -1.47. The Balaban J connectivity index is 1.64. The quantitative estimate of drug-likeness (QED) is 0.680. The van der Waals surface area contributed by atoms with Crippen molar-refractivity contribution in [1.29, 1.82) is 0 Å². The lowest BCUT2D eigenvalue weighted by Crippen LogP contribution is -2.54. The van der Waals surface area contributed by atoms with Crippen LogP contribution in [0.5, 0.6) is 0 Å². The second-order valence-corrected chi connectivity index (χ2v) is 7.23. The van der Waals surface area contributed by atoms with Gasteiger partial charge in [-0.05, 0) is 44.1 Å². The predicted molar refractivity (Wildman–Crippen MR) is 81.0 cm³/mol. The van der Waals surface area contributed by atoms with Crippen LogP contribution in [-0.4, -0.2) is 64.6 Å². The fourth-order valence-electron chi connectivity index (χ4n) is 4.48. The maximum Gasteiger partial charge on any atom is 0.320 e. The molecule has 0 aromatic heterocycles. The summed E-state index contributed by atoms with van der Waals surface area (Å²) in [5.74, 6) is -1.46. The highest BCUT2D eigenvalue weighted by molar-refractivity contribution is 5.86. The molecule has 1 aliphatic carbocycles. The van der Waals surface area contributed by atoms with E-state index < -0.39 is 23.9 Å². The van der Waals surface area contributed by atoms with Crippen LogP contribution in [-0.2, 0) is 14.4 Å². The summed E-state index contributed by atoms with van der Waals surface area (Å²) >= 11 is 0. The average molecular weight is 324 g/mol. The van der Waals surface area contributed by atoms with Crippen LogP contribution in [0.1, 0.15) is 32.1 Å². The lowest BCUT2D eigenvalue weighted by molar-refractivity contribution is -0.148. The first kappa shape index (κ1) is 16.4. The Morgan fingerprint density at radius 2 is 1.87 bits per heavy atom. The Morgan fingerprint density at radius 1 is 1.09 bits per heavy atom. The lowest BCUT2D eigenvalue weighted by Gasteiger charge is -2.46. The first-order chi connectivity index (χ1) is 10.9. The van der Waals surface area contributed by atoms with Gasteiger partial charge in [-0.3, -0.25) is 19.3 Å². The van der Waals surface area contributed by atoms with Crippen LogP contribution in [0, 0.1) is 17.8 Å². The van der Waals surface area contributed by atoms with Gasteiger partial charge in [-0.15, -0.1) is 0 Å². The number of carbonyl (C=O) groups excluding carboxylic acids is 1. The number of piperidine rings is 2. The van der Waals surface area contributed by atoms with Crippen molar-refractivity contribution in [1.82, 2.24) is 10.2 Å². The van der Waals surface area contributed by atoms with Crippen molar-refractivity contribution in [2.45, 2.75) is 44.2 Å². The van der Waals surface area contributed by atoms with Gasteiger partial charge in [0.15, 0.2) is 0 Å². The van der Waals surface area contributed by atoms with E-state index in [0.29, 0.717) is 31.3 Å². The molecular weight excluding hydrogens is 300 g/mol. The Bertz CT molecular complexity index is 509. The van der Waals surface area contributed by atoms with Gasteiger partial charge in [0.05, 0.1) is 12.5 Å². The smallest absolute Gasteiger partial charge is 0.320 e. The van der Waals surface area contributed by atoms with Crippen LogP contribution in [0.15, 0.2) is 0 Å². The van der Waals surface area contributed by atoms with Crippen LogP contribution >= 0.6 is 0 Å². The summed E-state index contributed by atoms with van der Waals surface area (Å²) in [4.78, 5) is 36.3. The number of hydrogen-bond donors (Lipinski definition) is 3. The van der Waals surface area contributed by atoms with Gasteiger partial charge in [0.25, 0.3) is 0 Å². The van der Waals surface area contributed by atoms with Crippen molar-refractivity contribution in [3.05, 3.63) is 0 Å². The molecular formula is C16H24N2O5. The molecule has 128 valence electrons. The summed E-state index contributed by atoms with van der Waals surface area (Å²) in [7, 11) is 0. The summed E-state index contributed by atoms with van der Waals surface area (Å²) in [6, 6.07) is -0.278. The molecule has 0 amide bonds. The molecule has 7 nitrogen and oxygen atoms in total. The monoisotopic (exact) mass is 324 g/mol. The van der Waals surface area contributed by atoms with Crippen LogP contribution in [0.2, 0.25) is 0 Å². The zero-order valence-corrected chi connectivity index (χ0v) is 13.1. The standard InChI is InChI=1S/C16H24N2O5/c19-13-4-11(15(20)21)7-18(8-13)12-2-1-9-6-17-14(16(22)23)5-10(9)3-12/h9-12,14,17H,1-8H2,(H,20,21)(H,22,23)/t9-,10+,11+,12-,14-/m0/s1. The molecule has 0 spiro atoms. The van der Waals surface area contributed by atoms with Crippen molar-refractivity contribution in [2.24, 2.45) is 17.8 Å². The predicted octanol–water partition coefficient (Wildman–Crippen LogP) is 0.193. The van der Waals surface area contributed by atoms with Crippen LogP contribution in [0.25, 0.3) is 0 Å². The number of hydrogen-bond acceptors (Lipinski definition) is 5. The molecule has 0 aromatic rings. The molecule has 0 aromatic carbocycles. The molecule has 3 N–H and O–H groups in total. The van der Waals surface area contributed by atoms with Crippen LogP contribution < -0.4 is 5.32 Å². The number of carboxylic acid groups (broad SMARTS) is 2. The largest absolute Gasteiger partial charge is 0.481 e. The van der Waals surface area contributed by atoms with E-state index in [-0.39, 0.29) is 18.2 Å². The number of Topliss-reactive ketones (excluding diaryl/α,β-unsaturated/α-hetero) is 1. The molecule has 0 bridgehead atoms. The molecule has 1 saturated carbocycles. The SMILES string of the molecule is O=C1C[C@@H](C(=O)O)CN([C@H]2CC[C@H]3CN[C@H](C(=O)O)C[C@H]3C2)C1. The fourth-order valence-corrected chi connectivity index (χ4v) is 4.48. The number of aliphatic carboxylic acids is 2. The minimum atomic E-state index is -0.899. The van der Waals surface area contributed by atoms with Gasteiger partial charge in [0, 0.05) is 19.0 Å². The maximum atomic E-state index is 11.9. The van der Waals surface area contributed by atoms with E-state index in [4.69, 9.17) is 0 Å². The molecule has 2 saturated heterocycles. The van der Waals surface area contributed by atoms with E-state index >= 15 is 0 Å². The van der Waals surface area contributed by atoms with Crippen LogP contribution in [0.3, 0.4) is 0 Å². The molecule has 3 fully saturated rings. The number of carboxylic acids is 2. The van der Waals surface area contributed by atoms with Gasteiger partial charge in [0.2, 0.25) is 0 Å². The maximum absolute atomic E-state index is 11.9. The van der Waals surface area contributed by atoms with Crippen molar-refractivity contribution in [3.8, 4) is 0 Å². The minimum absolute atomic E-state index is 0.000466. The highest BCUT2D eigenvalue weighted by Crippen LogP contribution is 2.38. The van der Waals surface area contributed by atoms with Gasteiger partial charge in [-0.25, -0.2) is 0 Å². The average Bonchev–Trinajstić information content (AvgIpc) is 2.53. The number of nitrogens with zero attached hydrogens (tertiary/aromatic N) is 1. The first-order valence-corrected chi connectivity index (χ1v) is 8.38. The topological polar surface area (TPSA) is 107 Å². The molecule has 5 atom stereocenters. The third kappa shape index (κ3) is 3.55. The van der Waals surface area contributed by atoms with E-state index in [1.54, 1.807) is 0 Å². The normalized spacial score (nSPS) is 38.8. The molecule has 2 heterocycles. The minimum Gasteiger partial charge on any atom is -0.481 e. The van der Waals surface area contributed by atoms with Crippen molar-refractivity contribution in [2.75, 3.05) is 19.6 Å². The van der Waals surface area contributed by atoms with Gasteiger partial charge >= 0.3 is 11.9 Å². The number of fused-ring (bicyclic) bond motifs is 1. The summed E-state index contributed by atoms with van der Waals surface area (Å²) in [5, 5.41) is 21.5. The van der Waals surface area contributed by atoms with Gasteiger partial charge < -0.3 is 15.5 Å². The zero-order chi connectivity index (χ0) is 16.6. The number of carbonyl (C=O) groups is 3. The molecule has 3 rings (SSSR count). The van der Waals surface area contributed by atoms with E-state index in [2.05, 4.69) is 5.32 Å². The zero-order valence-electron chi connectivity index (χ0n) is 13.1. The Kier molecular flexibility index (Phi) is 4.68. The summed E-state index contributed by atoms with van der Waals surface area (Å²) in [6.45, 7) is 1.52. The third-order valence-corrected chi connectivity index (χ3v) is 5.75. The van der Waals surface area contributed by atoms with E-state index in [1.807, 2.05) is 4.90 Å². The van der Waals surface area contributed by atoms with E-state index in [0.717, 1.165) is 25.8 Å². The van der Waals surface area contributed by atoms with Crippen LogP contribution in [0.4, 0.5) is 0 Å². The van der Waals surface area contributed by atoms with Crippen molar-refractivity contribution < 1.29 is 24.6 Å². The van der Waals surface area contributed by atoms with Gasteiger partial charge in [-0.2, -0.15) is 0 Å². The molecule has 3 aliphatic rings. The summed E-state index contributed by atoms with van der Waals surface area (Å²) in [5.41, 5.74) is 0. The number of ketones is 1. The third-order valence-electron chi connectivity index (χ3n) is 5.75. The highest BCUT2D eigenvalue weighted by Gasteiger charge is 2.41. The first-order valence-electron chi connectivity index (χ1n) is 8.38. The molecule has 2 aliphatic heterocycles. The lowest BCUT2D eigenvalue weighted by atomic mass is 9.71. The molecule has 7 heteroatoms. The van der Waals surface area contributed by atoms with Crippen molar-refractivity contribution >= 4 is 17.7 Å². The molecule has 0 unspecified atom stereocenters. The fraction of sp³-hybridized carbons (Fsp3) is 0.812. The number of rotatable bonds is 3. The summed E-state index contributed by atoms with van der Waals surface area (Å²) in [6.07, 6.45) is 3.60. The van der Waals surface area contributed by atoms with E-state index in [1.165, 1.54) is 0 Å². The Morgan fingerprint density at radius 3 is 2.57 bits per heavy atom. The van der Waals surface area contributed by atoms with Gasteiger partial charge in [0.1, 0.15) is 11.8 Å². The number of nitrogens with one attached hydrogen (secondary N) is 1.